The Morgan fingerprint density at radius 2 is 1.95 bits per heavy atom. The first-order valence-corrected chi connectivity index (χ1v) is 5.64. The minimum absolute atomic E-state index is 0.0164. The van der Waals surface area contributed by atoms with Crippen LogP contribution < -0.4 is 5.56 Å². The van der Waals surface area contributed by atoms with Gasteiger partial charge in [0.25, 0.3) is 5.56 Å². The third-order valence-corrected chi connectivity index (χ3v) is 2.50. The Bertz CT molecular complexity index is 705. The van der Waals surface area contributed by atoms with Gasteiger partial charge in [0.15, 0.2) is 0 Å². The quantitative estimate of drug-likeness (QED) is 0.827. The van der Waals surface area contributed by atoms with E-state index in [1.807, 2.05) is 30.3 Å². The van der Waals surface area contributed by atoms with Crippen LogP contribution in [0.3, 0.4) is 0 Å². The molecule has 1 heterocycles. The van der Waals surface area contributed by atoms with Gasteiger partial charge in [-0.05, 0) is 18.2 Å². The number of benzene rings is 1. The Morgan fingerprint density at radius 1 is 1.21 bits per heavy atom. The van der Waals surface area contributed by atoms with Crippen LogP contribution in [0.5, 0.6) is 0 Å². The van der Waals surface area contributed by atoms with Crippen LogP contribution >= 0.6 is 0 Å². The molecule has 0 amide bonds. The van der Waals surface area contributed by atoms with E-state index in [2.05, 4.69) is 11.8 Å². The summed E-state index contributed by atoms with van der Waals surface area (Å²) in [6.45, 7) is 0.230. The molecule has 0 bridgehead atoms. The van der Waals surface area contributed by atoms with E-state index >= 15 is 0 Å². The summed E-state index contributed by atoms with van der Waals surface area (Å²) in [6, 6.07) is 11.9. The fourth-order valence-corrected chi connectivity index (χ4v) is 1.52. The highest BCUT2D eigenvalue weighted by Gasteiger charge is 2.03. The molecule has 4 nitrogen and oxygen atoms in total. The Balaban J connectivity index is 2.15. The van der Waals surface area contributed by atoms with Gasteiger partial charge in [-0.1, -0.05) is 30.0 Å². The lowest BCUT2D eigenvalue weighted by Gasteiger charge is -2.00. The third kappa shape index (κ3) is 3.33. The van der Waals surface area contributed by atoms with Gasteiger partial charge in [-0.15, -0.1) is 0 Å². The van der Waals surface area contributed by atoms with E-state index < -0.39 is 5.97 Å². The van der Waals surface area contributed by atoms with Gasteiger partial charge in [-0.25, -0.2) is 4.79 Å². The summed E-state index contributed by atoms with van der Waals surface area (Å²) in [6.07, 6.45) is 1.44. The van der Waals surface area contributed by atoms with Crippen molar-refractivity contribution >= 4 is 5.97 Å². The van der Waals surface area contributed by atoms with Crippen molar-refractivity contribution in [1.29, 1.82) is 0 Å². The smallest absolute Gasteiger partial charge is 0.335 e. The molecule has 94 valence electrons. The minimum atomic E-state index is -1.11. The van der Waals surface area contributed by atoms with Gasteiger partial charge >= 0.3 is 5.97 Å². The molecule has 0 saturated carbocycles. The summed E-state index contributed by atoms with van der Waals surface area (Å²) in [5.74, 6) is 4.69. The Morgan fingerprint density at radius 3 is 2.58 bits per heavy atom. The second-order valence-electron chi connectivity index (χ2n) is 3.85. The summed E-state index contributed by atoms with van der Waals surface area (Å²) in [7, 11) is 0. The maximum absolute atomic E-state index is 11.6. The molecule has 0 atom stereocenters. The number of pyridine rings is 1. The summed E-state index contributed by atoms with van der Waals surface area (Å²) < 4.78 is 1.36. The van der Waals surface area contributed by atoms with Crippen LogP contribution in [0.1, 0.15) is 15.9 Å². The number of carboxylic acid groups (broad SMARTS) is 1. The lowest BCUT2D eigenvalue weighted by molar-refractivity contribution is 0.0696. The number of rotatable bonds is 2. The maximum Gasteiger partial charge on any atom is 0.335 e. The molecule has 4 heteroatoms. The zero-order valence-electron chi connectivity index (χ0n) is 10.0. The number of hydrogen-bond acceptors (Lipinski definition) is 2. The molecule has 19 heavy (non-hydrogen) atoms. The van der Waals surface area contributed by atoms with Crippen LogP contribution in [0.2, 0.25) is 0 Å². The first-order valence-electron chi connectivity index (χ1n) is 5.64. The van der Waals surface area contributed by atoms with Gasteiger partial charge in [-0.2, -0.15) is 0 Å². The van der Waals surface area contributed by atoms with Crippen molar-refractivity contribution in [3.63, 3.8) is 0 Å². The Kier molecular flexibility index (Phi) is 3.79. The summed E-state index contributed by atoms with van der Waals surface area (Å²) in [4.78, 5) is 22.3. The lowest BCUT2D eigenvalue weighted by Crippen LogP contribution is -2.19. The number of aromatic carboxylic acids is 1. The Hall–Kier alpha value is -2.80. The van der Waals surface area contributed by atoms with Crippen LogP contribution in [-0.2, 0) is 6.54 Å². The van der Waals surface area contributed by atoms with E-state index in [0.717, 1.165) is 11.6 Å². The van der Waals surface area contributed by atoms with Crippen molar-refractivity contribution < 1.29 is 9.90 Å². The fraction of sp³-hybridized carbons (Fsp3) is 0.0667. The van der Waals surface area contributed by atoms with E-state index in [1.54, 1.807) is 0 Å². The van der Waals surface area contributed by atoms with Crippen molar-refractivity contribution in [1.82, 2.24) is 4.57 Å². The monoisotopic (exact) mass is 253 g/mol. The van der Waals surface area contributed by atoms with Gasteiger partial charge in [0, 0.05) is 17.8 Å². The van der Waals surface area contributed by atoms with Crippen LogP contribution in [0.25, 0.3) is 0 Å². The van der Waals surface area contributed by atoms with Crippen molar-refractivity contribution in [2.24, 2.45) is 0 Å². The van der Waals surface area contributed by atoms with Crippen LogP contribution in [0.4, 0.5) is 0 Å². The second-order valence-corrected chi connectivity index (χ2v) is 3.85. The largest absolute Gasteiger partial charge is 0.478 e. The SMILES string of the molecule is O=C(O)c1ccn(CC#Cc2ccccc2)c(=O)c1. The van der Waals surface area contributed by atoms with E-state index in [0.29, 0.717) is 0 Å². The summed E-state index contributed by atoms with van der Waals surface area (Å²) >= 11 is 0. The molecule has 0 aliphatic rings. The molecule has 2 rings (SSSR count). The van der Waals surface area contributed by atoms with Crippen molar-refractivity contribution in [3.05, 3.63) is 70.1 Å². The molecule has 0 saturated heterocycles. The van der Waals surface area contributed by atoms with Crippen LogP contribution in [0.15, 0.2) is 53.5 Å². The molecule has 1 N–H and O–H groups in total. The van der Waals surface area contributed by atoms with Gasteiger partial charge < -0.3 is 9.67 Å². The second kappa shape index (κ2) is 5.69. The average Bonchev–Trinajstić information content (AvgIpc) is 2.41. The highest BCUT2D eigenvalue weighted by atomic mass is 16.4. The predicted molar refractivity (Wildman–Crippen MR) is 71.0 cm³/mol. The summed E-state index contributed by atoms with van der Waals surface area (Å²) in [5.41, 5.74) is 0.484. The molecule has 0 unspecified atom stereocenters. The first kappa shape index (κ1) is 12.7. The average molecular weight is 253 g/mol. The zero-order chi connectivity index (χ0) is 13.7. The van der Waals surface area contributed by atoms with E-state index in [9.17, 15) is 9.59 Å². The van der Waals surface area contributed by atoms with E-state index in [1.165, 1.54) is 16.8 Å². The number of carbonyl (C=O) groups is 1. The van der Waals surface area contributed by atoms with Gasteiger partial charge in [0.1, 0.15) is 0 Å². The normalized spacial score (nSPS) is 9.47. The highest BCUT2D eigenvalue weighted by molar-refractivity contribution is 5.87. The highest BCUT2D eigenvalue weighted by Crippen LogP contribution is 1.96. The van der Waals surface area contributed by atoms with Crippen LogP contribution in [0, 0.1) is 11.8 Å². The zero-order valence-corrected chi connectivity index (χ0v) is 10.0. The third-order valence-electron chi connectivity index (χ3n) is 2.50. The molecule has 0 aliphatic heterocycles. The molecule has 0 spiro atoms. The first-order chi connectivity index (χ1) is 9.16. The molecule has 0 aliphatic carbocycles. The van der Waals surface area contributed by atoms with Crippen molar-refractivity contribution in [2.45, 2.75) is 6.54 Å². The van der Waals surface area contributed by atoms with Crippen molar-refractivity contribution in [2.75, 3.05) is 0 Å². The molecule has 0 radical (unpaired) electrons. The predicted octanol–water partition coefficient (Wildman–Crippen LogP) is 1.60. The van der Waals surface area contributed by atoms with E-state index in [-0.39, 0.29) is 17.7 Å². The van der Waals surface area contributed by atoms with Gasteiger partial charge in [0.05, 0.1) is 12.1 Å². The standard InChI is InChI=1S/C15H11NO3/c17-14-11-13(15(18)19)8-10-16(14)9-4-7-12-5-2-1-3-6-12/h1-3,5-6,8,10-11H,9H2,(H,18,19). The molecular formula is C15H11NO3. The Labute approximate surface area is 109 Å². The topological polar surface area (TPSA) is 59.3 Å². The molecule has 2 aromatic rings. The minimum Gasteiger partial charge on any atom is -0.478 e. The van der Waals surface area contributed by atoms with E-state index in [4.69, 9.17) is 5.11 Å². The maximum atomic E-state index is 11.6. The number of aromatic nitrogens is 1. The number of nitrogens with zero attached hydrogens (tertiary/aromatic N) is 1. The molecule has 0 fully saturated rings. The number of hydrogen-bond donors (Lipinski definition) is 1. The number of carboxylic acids is 1. The fourth-order valence-electron chi connectivity index (χ4n) is 1.52. The van der Waals surface area contributed by atoms with Crippen molar-refractivity contribution in [3.8, 4) is 11.8 Å². The molecular weight excluding hydrogens is 242 g/mol. The van der Waals surface area contributed by atoms with Crippen LogP contribution in [-0.4, -0.2) is 15.6 Å². The van der Waals surface area contributed by atoms with Gasteiger partial charge in [-0.3, -0.25) is 4.79 Å². The lowest BCUT2D eigenvalue weighted by atomic mass is 10.2. The van der Waals surface area contributed by atoms with Gasteiger partial charge in [0.2, 0.25) is 0 Å². The summed E-state index contributed by atoms with van der Waals surface area (Å²) in [5, 5.41) is 8.75. The molecule has 1 aromatic heterocycles. The molecule has 1 aromatic carbocycles.